The summed E-state index contributed by atoms with van der Waals surface area (Å²) in [4.78, 5) is 6.62. The van der Waals surface area contributed by atoms with Gasteiger partial charge in [-0.05, 0) is 38.8 Å². The molecular weight excluding hydrogens is 334 g/mol. The lowest BCUT2D eigenvalue weighted by molar-refractivity contribution is 0.0523. The number of hydrogen-bond acceptors (Lipinski definition) is 6. The number of thioether (sulfide) groups is 1. The van der Waals surface area contributed by atoms with Gasteiger partial charge in [0.1, 0.15) is 12.3 Å². The predicted octanol–water partition coefficient (Wildman–Crippen LogP) is 2.96. The number of rotatable bonds is 5. The van der Waals surface area contributed by atoms with Crippen LogP contribution in [0.1, 0.15) is 33.1 Å². The largest absolute Gasteiger partial charge is 0.352 e. The molecule has 4 unspecified atom stereocenters. The lowest BCUT2D eigenvalue weighted by Gasteiger charge is -2.37. The second-order valence-corrected chi connectivity index (χ2v) is 8.04. The van der Waals surface area contributed by atoms with E-state index in [0.29, 0.717) is 18.2 Å². The van der Waals surface area contributed by atoms with Gasteiger partial charge in [0.15, 0.2) is 11.0 Å². The van der Waals surface area contributed by atoms with Crippen LogP contribution in [0.15, 0.2) is 29.7 Å². The lowest BCUT2D eigenvalue weighted by Crippen LogP contribution is -2.46. The van der Waals surface area contributed by atoms with Gasteiger partial charge < -0.3 is 9.30 Å². The van der Waals surface area contributed by atoms with Crippen molar-refractivity contribution in [1.29, 1.82) is 0 Å². The van der Waals surface area contributed by atoms with E-state index in [9.17, 15) is 0 Å². The normalized spacial score (nSPS) is 29.7. The smallest absolute Gasteiger partial charge is 0.191 e. The molecule has 0 saturated carbocycles. The van der Waals surface area contributed by atoms with Crippen LogP contribution >= 0.6 is 11.8 Å². The summed E-state index contributed by atoms with van der Waals surface area (Å²) in [6.07, 6.45) is 8.04. The van der Waals surface area contributed by atoms with Crippen molar-refractivity contribution in [1.82, 2.24) is 24.6 Å². The second-order valence-electron chi connectivity index (χ2n) is 7.05. The minimum Gasteiger partial charge on any atom is -0.352 e. The number of hydrogen-bond donors (Lipinski definition) is 0. The van der Waals surface area contributed by atoms with E-state index in [2.05, 4.69) is 33.9 Å². The van der Waals surface area contributed by atoms with Crippen LogP contribution in [0.4, 0.5) is 0 Å². The molecule has 2 aliphatic heterocycles. The fourth-order valence-corrected chi connectivity index (χ4v) is 4.75. The third-order valence-electron chi connectivity index (χ3n) is 5.26. The summed E-state index contributed by atoms with van der Waals surface area (Å²) in [6, 6.07) is 5.16. The molecule has 2 aromatic heterocycles. The molecule has 2 fully saturated rings. The molecule has 25 heavy (non-hydrogen) atoms. The molecule has 4 atom stereocenters. The van der Waals surface area contributed by atoms with Gasteiger partial charge in [0.05, 0.1) is 0 Å². The molecule has 2 saturated heterocycles. The van der Waals surface area contributed by atoms with Crippen LogP contribution in [0.2, 0.25) is 0 Å². The van der Waals surface area contributed by atoms with E-state index < -0.39 is 0 Å². The van der Waals surface area contributed by atoms with Crippen LogP contribution in [-0.2, 0) is 11.8 Å². The quantitative estimate of drug-likeness (QED) is 0.604. The maximum Gasteiger partial charge on any atom is 0.191 e. The molecule has 7 heteroatoms. The molecule has 2 aliphatic rings. The van der Waals surface area contributed by atoms with Gasteiger partial charge in [-0.3, -0.25) is 9.88 Å². The molecule has 4 rings (SSSR count). The van der Waals surface area contributed by atoms with E-state index >= 15 is 0 Å². The zero-order valence-corrected chi connectivity index (χ0v) is 15.8. The SMILES string of the molecule is CC1CCCC(C)N1C1OC1CSc1nnc(-c2ccncc2)n1C. The fraction of sp³-hybridized carbons (Fsp3) is 0.611. The average Bonchev–Trinajstić information content (AvgIpc) is 3.27. The Hall–Kier alpha value is -1.44. The van der Waals surface area contributed by atoms with Gasteiger partial charge >= 0.3 is 0 Å². The summed E-state index contributed by atoms with van der Waals surface area (Å²) < 4.78 is 8.03. The van der Waals surface area contributed by atoms with E-state index in [4.69, 9.17) is 4.74 Å². The van der Waals surface area contributed by atoms with Gasteiger partial charge in [0.25, 0.3) is 0 Å². The standard InChI is InChI=1S/C18H25N5OS/c1-12-5-4-6-13(2)23(12)17-15(24-17)11-25-18-21-20-16(22(18)3)14-7-9-19-10-8-14/h7-10,12-13,15,17H,4-6,11H2,1-3H3. The van der Waals surface area contributed by atoms with Crippen LogP contribution in [0.5, 0.6) is 0 Å². The molecule has 0 amide bonds. The van der Waals surface area contributed by atoms with Crippen molar-refractivity contribution in [2.75, 3.05) is 5.75 Å². The van der Waals surface area contributed by atoms with Crippen molar-refractivity contribution in [2.24, 2.45) is 7.05 Å². The predicted molar refractivity (Wildman–Crippen MR) is 98.2 cm³/mol. The minimum absolute atomic E-state index is 0.283. The monoisotopic (exact) mass is 359 g/mol. The first-order valence-electron chi connectivity index (χ1n) is 9.00. The number of epoxide rings is 1. The molecule has 134 valence electrons. The third kappa shape index (κ3) is 3.45. The van der Waals surface area contributed by atoms with Crippen LogP contribution in [0.25, 0.3) is 11.4 Å². The first-order valence-corrected chi connectivity index (χ1v) is 9.99. The number of aromatic nitrogens is 4. The van der Waals surface area contributed by atoms with Crippen LogP contribution < -0.4 is 0 Å². The first kappa shape index (κ1) is 17.0. The maximum absolute atomic E-state index is 5.99. The van der Waals surface area contributed by atoms with Gasteiger partial charge in [-0.2, -0.15) is 0 Å². The maximum atomic E-state index is 5.99. The Kier molecular flexibility index (Phi) is 4.80. The van der Waals surface area contributed by atoms with Crippen LogP contribution in [0.3, 0.4) is 0 Å². The van der Waals surface area contributed by atoms with Crippen molar-refractivity contribution in [3.05, 3.63) is 24.5 Å². The highest BCUT2D eigenvalue weighted by molar-refractivity contribution is 7.99. The Morgan fingerprint density at radius 1 is 1.16 bits per heavy atom. The summed E-state index contributed by atoms with van der Waals surface area (Å²) in [5.41, 5.74) is 1.04. The zero-order chi connectivity index (χ0) is 17.4. The van der Waals surface area contributed by atoms with Crippen molar-refractivity contribution < 1.29 is 4.74 Å². The molecule has 4 heterocycles. The Morgan fingerprint density at radius 3 is 2.60 bits per heavy atom. The molecule has 0 N–H and O–H groups in total. The van der Waals surface area contributed by atoms with E-state index in [-0.39, 0.29) is 6.23 Å². The number of pyridine rings is 1. The Balaban J connectivity index is 1.36. The van der Waals surface area contributed by atoms with Crippen molar-refractivity contribution in [3.63, 3.8) is 0 Å². The van der Waals surface area contributed by atoms with Crippen LogP contribution in [0, 0.1) is 0 Å². The number of piperidine rings is 1. The summed E-state index contributed by atoms with van der Waals surface area (Å²) >= 11 is 1.73. The van der Waals surface area contributed by atoms with Gasteiger partial charge in [-0.1, -0.05) is 18.2 Å². The van der Waals surface area contributed by atoms with Gasteiger partial charge in [-0.25, -0.2) is 0 Å². The highest BCUT2D eigenvalue weighted by Gasteiger charge is 2.47. The summed E-state index contributed by atoms with van der Waals surface area (Å²) in [6.45, 7) is 4.65. The van der Waals surface area contributed by atoms with Crippen LogP contribution in [-0.4, -0.2) is 54.8 Å². The number of ether oxygens (including phenoxy) is 1. The van der Waals surface area contributed by atoms with E-state index in [0.717, 1.165) is 22.3 Å². The van der Waals surface area contributed by atoms with E-state index in [1.807, 2.05) is 23.7 Å². The summed E-state index contributed by atoms with van der Waals surface area (Å²) in [5.74, 6) is 1.79. The lowest BCUT2D eigenvalue weighted by atomic mass is 9.97. The average molecular weight is 359 g/mol. The molecular formula is C18H25N5OS. The van der Waals surface area contributed by atoms with E-state index in [1.165, 1.54) is 19.3 Å². The van der Waals surface area contributed by atoms with Crippen molar-refractivity contribution in [2.45, 2.75) is 62.7 Å². The summed E-state index contributed by atoms with van der Waals surface area (Å²) in [5, 5.41) is 9.61. The molecule has 2 aromatic rings. The molecule has 0 bridgehead atoms. The molecule has 0 radical (unpaired) electrons. The topological polar surface area (TPSA) is 59.4 Å². The number of nitrogens with zero attached hydrogens (tertiary/aromatic N) is 5. The molecule has 6 nitrogen and oxygen atoms in total. The van der Waals surface area contributed by atoms with E-state index in [1.54, 1.807) is 24.2 Å². The highest BCUT2D eigenvalue weighted by Crippen LogP contribution is 2.37. The molecule has 0 aliphatic carbocycles. The minimum atomic E-state index is 0.283. The molecule has 0 spiro atoms. The van der Waals surface area contributed by atoms with Gasteiger partial charge in [-0.15, -0.1) is 10.2 Å². The highest BCUT2D eigenvalue weighted by atomic mass is 32.2. The first-order chi connectivity index (χ1) is 12.1. The van der Waals surface area contributed by atoms with Gasteiger partial charge in [0.2, 0.25) is 0 Å². The Bertz CT molecular complexity index is 712. The van der Waals surface area contributed by atoms with Crippen molar-refractivity contribution in [3.8, 4) is 11.4 Å². The zero-order valence-electron chi connectivity index (χ0n) is 15.0. The Labute approximate surface area is 153 Å². The molecule has 0 aromatic carbocycles. The second kappa shape index (κ2) is 7.05. The Morgan fingerprint density at radius 2 is 1.88 bits per heavy atom. The fourth-order valence-electron chi connectivity index (χ4n) is 3.81. The third-order valence-corrected chi connectivity index (χ3v) is 6.37. The van der Waals surface area contributed by atoms with Gasteiger partial charge in [0, 0.05) is 42.8 Å². The number of likely N-dealkylation sites (tertiary alicyclic amines) is 1. The van der Waals surface area contributed by atoms with Crippen molar-refractivity contribution >= 4 is 11.8 Å². The summed E-state index contributed by atoms with van der Waals surface area (Å²) in [7, 11) is 2.01.